The van der Waals surface area contributed by atoms with Gasteiger partial charge in [-0.25, -0.2) is 9.59 Å². The average Bonchev–Trinajstić information content (AvgIpc) is 3.18. The van der Waals surface area contributed by atoms with E-state index in [9.17, 15) is 9.59 Å². The van der Waals surface area contributed by atoms with Gasteiger partial charge in [0.1, 0.15) is 0 Å². The molecule has 2 aliphatic heterocycles. The molecule has 31 heavy (non-hydrogen) atoms. The number of carboxylic acid groups (broad SMARTS) is 2. The predicted octanol–water partition coefficient (Wildman–Crippen LogP) is 3.77. The van der Waals surface area contributed by atoms with Gasteiger partial charge in [-0.1, -0.05) is 55.0 Å². The Morgan fingerprint density at radius 1 is 0.903 bits per heavy atom. The molecule has 0 aliphatic carbocycles. The van der Waals surface area contributed by atoms with Gasteiger partial charge in [-0.2, -0.15) is 0 Å². The second kappa shape index (κ2) is 11.4. The molecule has 164 valence electrons. The fourth-order valence-corrected chi connectivity index (χ4v) is 4.19. The van der Waals surface area contributed by atoms with Gasteiger partial charge in [-0.15, -0.1) is 0 Å². The number of fused-ring (bicyclic) bond motifs is 1. The summed E-state index contributed by atoms with van der Waals surface area (Å²) in [7, 11) is 0. The molecule has 2 heterocycles. The van der Waals surface area contributed by atoms with Crippen LogP contribution in [0.15, 0.2) is 60.7 Å². The second-order valence-corrected chi connectivity index (χ2v) is 7.95. The molecule has 0 aromatic heterocycles. The van der Waals surface area contributed by atoms with Crippen LogP contribution in [-0.2, 0) is 29.1 Å². The van der Waals surface area contributed by atoms with Crippen molar-refractivity contribution in [2.24, 2.45) is 0 Å². The Kier molecular flexibility index (Phi) is 8.38. The van der Waals surface area contributed by atoms with Crippen molar-refractivity contribution in [2.45, 2.75) is 44.8 Å². The van der Waals surface area contributed by atoms with Crippen molar-refractivity contribution >= 4 is 11.9 Å². The van der Waals surface area contributed by atoms with Crippen molar-refractivity contribution in [2.75, 3.05) is 13.1 Å². The highest BCUT2D eigenvalue weighted by Gasteiger charge is 2.22. The summed E-state index contributed by atoms with van der Waals surface area (Å²) in [5.74, 6) is -2.51. The number of carboxylic acids is 2. The third-order valence-electron chi connectivity index (χ3n) is 5.72. The third-order valence-corrected chi connectivity index (χ3v) is 5.72. The first-order chi connectivity index (χ1) is 15.0. The van der Waals surface area contributed by atoms with E-state index in [0.717, 1.165) is 19.5 Å². The molecule has 1 fully saturated rings. The first kappa shape index (κ1) is 22.7. The summed E-state index contributed by atoms with van der Waals surface area (Å²) in [6.45, 7) is 4.65. The van der Waals surface area contributed by atoms with Crippen LogP contribution in [0, 0.1) is 0 Å². The highest BCUT2D eigenvalue weighted by Crippen LogP contribution is 2.29. The van der Waals surface area contributed by atoms with E-state index in [-0.39, 0.29) is 0 Å². The van der Waals surface area contributed by atoms with Crippen LogP contribution in [-0.4, -0.2) is 40.1 Å². The number of rotatable bonds is 6. The number of benzene rings is 2. The van der Waals surface area contributed by atoms with Gasteiger partial charge in [0.25, 0.3) is 0 Å². The maximum Gasteiger partial charge on any atom is 0.328 e. The van der Waals surface area contributed by atoms with E-state index >= 15 is 0 Å². The molecular formula is C25H30N2O4. The largest absolute Gasteiger partial charge is 0.478 e. The first-order valence-corrected chi connectivity index (χ1v) is 10.8. The molecule has 2 aromatic carbocycles. The summed E-state index contributed by atoms with van der Waals surface area (Å²) in [5, 5.41) is 19.3. The molecule has 1 saturated heterocycles. The topological polar surface area (TPSA) is 89.9 Å². The van der Waals surface area contributed by atoms with Crippen LogP contribution >= 0.6 is 0 Å². The van der Waals surface area contributed by atoms with E-state index in [1.54, 1.807) is 0 Å². The van der Waals surface area contributed by atoms with Crippen LogP contribution in [0.4, 0.5) is 0 Å². The lowest BCUT2D eigenvalue weighted by molar-refractivity contribution is -0.134. The van der Waals surface area contributed by atoms with E-state index in [1.807, 2.05) is 0 Å². The third kappa shape index (κ3) is 7.05. The summed E-state index contributed by atoms with van der Waals surface area (Å²) >= 11 is 0. The molecule has 0 amide bonds. The van der Waals surface area contributed by atoms with Gasteiger partial charge in [-0.3, -0.25) is 4.90 Å². The van der Waals surface area contributed by atoms with Gasteiger partial charge in [-0.05, 0) is 54.6 Å². The number of carbonyl (C=O) groups is 2. The number of hydrogen-bond acceptors (Lipinski definition) is 4. The lowest BCUT2D eigenvalue weighted by atomic mass is 9.95. The second-order valence-electron chi connectivity index (χ2n) is 7.95. The molecular weight excluding hydrogens is 392 g/mol. The van der Waals surface area contributed by atoms with E-state index in [0.29, 0.717) is 18.2 Å². The number of aliphatic carboxylic acids is 2. The summed E-state index contributed by atoms with van der Waals surface area (Å²) < 4.78 is 0. The van der Waals surface area contributed by atoms with E-state index in [2.05, 4.69) is 58.7 Å². The van der Waals surface area contributed by atoms with Crippen LogP contribution in [0.1, 0.15) is 47.6 Å². The van der Waals surface area contributed by atoms with Crippen LogP contribution in [0.3, 0.4) is 0 Å². The Labute approximate surface area is 183 Å². The Morgan fingerprint density at radius 3 is 2.19 bits per heavy atom. The molecule has 4 rings (SSSR count). The van der Waals surface area contributed by atoms with E-state index in [1.165, 1.54) is 54.6 Å². The fourth-order valence-electron chi connectivity index (χ4n) is 4.19. The van der Waals surface area contributed by atoms with Crippen LogP contribution in [0.2, 0.25) is 0 Å². The van der Waals surface area contributed by atoms with Crippen molar-refractivity contribution in [1.82, 2.24) is 10.2 Å². The van der Waals surface area contributed by atoms with E-state index in [4.69, 9.17) is 10.2 Å². The quantitative estimate of drug-likeness (QED) is 0.614. The zero-order chi connectivity index (χ0) is 22.1. The molecule has 2 aromatic rings. The minimum Gasteiger partial charge on any atom is -0.478 e. The molecule has 0 bridgehead atoms. The fraction of sp³-hybridized carbons (Fsp3) is 0.360. The molecule has 1 unspecified atom stereocenters. The normalized spacial score (nSPS) is 18.3. The van der Waals surface area contributed by atoms with Gasteiger partial charge in [0, 0.05) is 31.3 Å². The zero-order valence-corrected chi connectivity index (χ0v) is 17.7. The van der Waals surface area contributed by atoms with Crippen molar-refractivity contribution in [1.29, 1.82) is 0 Å². The van der Waals surface area contributed by atoms with Crippen LogP contribution in [0.25, 0.3) is 0 Å². The zero-order valence-electron chi connectivity index (χ0n) is 17.7. The minimum atomic E-state index is -1.26. The standard InChI is InChI=1S/C21H26N2.C4H4O4/c1-6-12-23(13-7-1)16-19-10-3-2-8-17(19)14-21-20-11-5-4-9-18(20)15-22-21;5-3(6)1-2-4(7)8/h2-5,8-11,21-22H,1,6-7,12-16H2;1-2H,(H,5,6)(H,7,8)/b;2-1-. The summed E-state index contributed by atoms with van der Waals surface area (Å²) in [6.07, 6.45) is 6.34. The van der Waals surface area contributed by atoms with Crippen LogP contribution in [0.5, 0.6) is 0 Å². The van der Waals surface area contributed by atoms with Gasteiger partial charge >= 0.3 is 11.9 Å². The molecule has 1 atom stereocenters. The first-order valence-electron chi connectivity index (χ1n) is 10.8. The maximum absolute atomic E-state index is 9.55. The Balaban J connectivity index is 0.000000293. The number of piperidine rings is 1. The van der Waals surface area contributed by atoms with Crippen molar-refractivity contribution < 1.29 is 19.8 Å². The summed E-state index contributed by atoms with van der Waals surface area (Å²) in [4.78, 5) is 21.7. The molecule has 3 N–H and O–H groups in total. The van der Waals surface area contributed by atoms with Gasteiger partial charge in [0.05, 0.1) is 0 Å². The minimum absolute atomic E-state index is 0.466. The van der Waals surface area contributed by atoms with Gasteiger partial charge in [0.15, 0.2) is 0 Å². The molecule has 6 nitrogen and oxygen atoms in total. The maximum atomic E-state index is 9.55. The monoisotopic (exact) mass is 422 g/mol. The predicted molar refractivity (Wildman–Crippen MR) is 120 cm³/mol. The van der Waals surface area contributed by atoms with Crippen molar-refractivity contribution in [3.63, 3.8) is 0 Å². The number of nitrogens with zero attached hydrogens (tertiary/aromatic N) is 1. The summed E-state index contributed by atoms with van der Waals surface area (Å²) in [5.41, 5.74) is 5.97. The molecule has 0 saturated carbocycles. The highest BCUT2D eigenvalue weighted by atomic mass is 16.4. The SMILES string of the molecule is O=C(O)/C=C\C(=O)O.c1ccc(CN2CCCCC2)c(CC2NCc3ccccc32)c1. The lowest BCUT2D eigenvalue weighted by Gasteiger charge is -2.27. The summed E-state index contributed by atoms with van der Waals surface area (Å²) in [6, 6.07) is 18.3. The van der Waals surface area contributed by atoms with E-state index < -0.39 is 11.9 Å². The van der Waals surface area contributed by atoms with Gasteiger partial charge < -0.3 is 15.5 Å². The molecule has 0 radical (unpaired) electrons. The van der Waals surface area contributed by atoms with Crippen LogP contribution < -0.4 is 5.32 Å². The number of likely N-dealkylation sites (tertiary alicyclic amines) is 1. The number of nitrogens with one attached hydrogen (secondary N) is 1. The Bertz CT molecular complexity index is 903. The molecule has 2 aliphatic rings. The van der Waals surface area contributed by atoms with Crippen molar-refractivity contribution in [3.8, 4) is 0 Å². The number of hydrogen-bond donors (Lipinski definition) is 3. The van der Waals surface area contributed by atoms with Crippen molar-refractivity contribution in [3.05, 3.63) is 82.9 Å². The Morgan fingerprint density at radius 2 is 1.52 bits per heavy atom. The lowest BCUT2D eigenvalue weighted by Crippen LogP contribution is -2.29. The Hall–Kier alpha value is -2.96. The highest BCUT2D eigenvalue weighted by molar-refractivity contribution is 5.89. The molecule has 0 spiro atoms. The average molecular weight is 423 g/mol. The smallest absolute Gasteiger partial charge is 0.328 e. The molecule has 6 heteroatoms. The van der Waals surface area contributed by atoms with Gasteiger partial charge in [0.2, 0.25) is 0 Å².